The lowest BCUT2D eigenvalue weighted by atomic mass is 10.1. The third kappa shape index (κ3) is 5.71. The van der Waals surface area contributed by atoms with E-state index in [4.69, 9.17) is 10.5 Å². The molecule has 124 valence electrons. The summed E-state index contributed by atoms with van der Waals surface area (Å²) < 4.78 is 44.8. The summed E-state index contributed by atoms with van der Waals surface area (Å²) >= 11 is 0. The molecular weight excluding hydrogens is 309 g/mol. The lowest BCUT2D eigenvalue weighted by molar-refractivity contribution is -0.138. The highest BCUT2D eigenvalue weighted by atomic mass is 28.3. The smallest absolute Gasteiger partial charge is 0.420 e. The van der Waals surface area contributed by atoms with Crippen molar-refractivity contribution in [2.24, 2.45) is 10.7 Å². The molecule has 0 saturated carbocycles. The third-order valence-electron chi connectivity index (χ3n) is 3.15. The molecule has 22 heavy (non-hydrogen) atoms. The monoisotopic (exact) mass is 332 g/mol. The molecule has 0 spiro atoms. The summed E-state index contributed by atoms with van der Waals surface area (Å²) in [6.45, 7) is 8.62. The van der Waals surface area contributed by atoms with Crippen LogP contribution in [0.25, 0.3) is 0 Å². The number of aryl methyl sites for hydroxylation is 1. The molecule has 0 aliphatic carbocycles. The van der Waals surface area contributed by atoms with Gasteiger partial charge < -0.3 is 10.5 Å². The van der Waals surface area contributed by atoms with Gasteiger partial charge in [-0.1, -0.05) is 25.7 Å². The Morgan fingerprint density at radius 2 is 1.91 bits per heavy atom. The molecule has 0 unspecified atom stereocenters. The van der Waals surface area contributed by atoms with Gasteiger partial charge in [0.25, 0.3) is 0 Å². The standard InChI is InChI=1S/C15H23F3N2OSi/c1-11-8-14(21-6-5-7-22(2,3)4)12(15(16,17)18)9-13(11)20-10-19/h8-10H,5-7H2,1-4H3,(H2,19,20). The van der Waals surface area contributed by atoms with Crippen molar-refractivity contribution in [2.45, 2.75) is 45.2 Å². The summed E-state index contributed by atoms with van der Waals surface area (Å²) in [4.78, 5) is 3.75. The molecule has 3 nitrogen and oxygen atoms in total. The molecule has 0 aliphatic heterocycles. The van der Waals surface area contributed by atoms with Crippen LogP contribution in [0.15, 0.2) is 17.1 Å². The molecule has 0 fully saturated rings. The summed E-state index contributed by atoms with van der Waals surface area (Å²) in [5, 5.41) is 0. The maximum absolute atomic E-state index is 13.1. The Kier molecular flexibility index (Phi) is 6.05. The Labute approximate surface area is 130 Å². The predicted octanol–water partition coefficient (Wildman–Crippen LogP) is 4.74. The summed E-state index contributed by atoms with van der Waals surface area (Å²) in [6.07, 6.45) is -2.74. The number of hydrogen-bond donors (Lipinski definition) is 1. The van der Waals surface area contributed by atoms with E-state index in [0.29, 0.717) is 5.56 Å². The van der Waals surface area contributed by atoms with Crippen LogP contribution in [0.3, 0.4) is 0 Å². The number of ether oxygens (including phenoxy) is 1. The van der Waals surface area contributed by atoms with Crippen molar-refractivity contribution in [1.29, 1.82) is 0 Å². The molecule has 1 aromatic carbocycles. The molecule has 0 radical (unpaired) electrons. The highest BCUT2D eigenvalue weighted by molar-refractivity contribution is 6.76. The van der Waals surface area contributed by atoms with Crippen LogP contribution in [0.5, 0.6) is 5.75 Å². The summed E-state index contributed by atoms with van der Waals surface area (Å²) in [6, 6.07) is 3.37. The molecule has 0 aromatic heterocycles. The van der Waals surface area contributed by atoms with Crippen LogP contribution in [0.2, 0.25) is 25.7 Å². The zero-order valence-corrected chi connectivity index (χ0v) is 14.4. The van der Waals surface area contributed by atoms with Gasteiger partial charge in [0.1, 0.15) is 5.75 Å². The summed E-state index contributed by atoms with van der Waals surface area (Å²) in [7, 11) is -1.21. The minimum Gasteiger partial charge on any atom is -0.493 e. The first-order valence-corrected chi connectivity index (χ1v) is 10.8. The fraction of sp³-hybridized carbons (Fsp3) is 0.533. The van der Waals surface area contributed by atoms with E-state index >= 15 is 0 Å². The van der Waals surface area contributed by atoms with E-state index in [2.05, 4.69) is 24.6 Å². The Morgan fingerprint density at radius 3 is 2.41 bits per heavy atom. The van der Waals surface area contributed by atoms with Crippen LogP contribution in [0.4, 0.5) is 18.9 Å². The van der Waals surface area contributed by atoms with E-state index in [1.807, 2.05) is 0 Å². The van der Waals surface area contributed by atoms with Gasteiger partial charge in [0, 0.05) is 8.07 Å². The van der Waals surface area contributed by atoms with E-state index < -0.39 is 19.8 Å². The van der Waals surface area contributed by atoms with Crippen LogP contribution in [0.1, 0.15) is 17.5 Å². The van der Waals surface area contributed by atoms with Gasteiger partial charge in [-0.2, -0.15) is 13.2 Å². The topological polar surface area (TPSA) is 47.6 Å². The zero-order chi connectivity index (χ0) is 17.0. The van der Waals surface area contributed by atoms with E-state index in [0.717, 1.165) is 24.9 Å². The van der Waals surface area contributed by atoms with Gasteiger partial charge in [0.2, 0.25) is 0 Å². The molecule has 1 rings (SSSR count). The van der Waals surface area contributed by atoms with Gasteiger partial charge in [-0.15, -0.1) is 0 Å². The first-order chi connectivity index (χ1) is 10.0. The minimum atomic E-state index is -4.49. The Hall–Kier alpha value is -1.50. The zero-order valence-electron chi connectivity index (χ0n) is 13.4. The van der Waals surface area contributed by atoms with Gasteiger partial charge in [0.15, 0.2) is 0 Å². The number of alkyl halides is 3. The molecule has 0 atom stereocenters. The van der Waals surface area contributed by atoms with E-state index in [1.165, 1.54) is 6.07 Å². The molecule has 0 heterocycles. The van der Waals surface area contributed by atoms with Gasteiger partial charge in [0.05, 0.1) is 24.2 Å². The van der Waals surface area contributed by atoms with Gasteiger partial charge in [-0.05, 0) is 31.0 Å². The second kappa shape index (κ2) is 7.17. The fourth-order valence-electron chi connectivity index (χ4n) is 2.01. The van der Waals surface area contributed by atoms with Crippen molar-refractivity contribution in [3.63, 3.8) is 0 Å². The van der Waals surface area contributed by atoms with Crippen LogP contribution >= 0.6 is 0 Å². The second-order valence-corrected chi connectivity index (χ2v) is 12.0. The molecule has 2 N–H and O–H groups in total. The van der Waals surface area contributed by atoms with Crippen molar-refractivity contribution in [2.75, 3.05) is 6.61 Å². The quantitative estimate of drug-likeness (QED) is 0.354. The maximum Gasteiger partial charge on any atom is 0.420 e. The van der Waals surface area contributed by atoms with Gasteiger partial charge in [-0.3, -0.25) is 0 Å². The Morgan fingerprint density at radius 1 is 1.27 bits per heavy atom. The summed E-state index contributed by atoms with van der Waals surface area (Å²) in [5.74, 6) is -0.142. The normalized spacial score (nSPS) is 12.9. The van der Waals surface area contributed by atoms with Gasteiger partial charge >= 0.3 is 6.18 Å². The number of rotatable bonds is 6. The second-order valence-electron chi connectivity index (χ2n) is 6.42. The average molecular weight is 332 g/mol. The van der Waals surface area contributed by atoms with E-state index in [9.17, 15) is 13.2 Å². The first kappa shape index (κ1) is 18.5. The van der Waals surface area contributed by atoms with Crippen molar-refractivity contribution in [3.8, 4) is 5.75 Å². The Balaban J connectivity index is 2.95. The third-order valence-corrected chi connectivity index (χ3v) is 5.00. The number of aliphatic imine (C=N–C) groups is 1. The van der Waals surface area contributed by atoms with Crippen LogP contribution in [-0.2, 0) is 6.18 Å². The molecule has 1 aromatic rings. The highest BCUT2D eigenvalue weighted by Gasteiger charge is 2.35. The van der Waals surface area contributed by atoms with Crippen LogP contribution in [-0.4, -0.2) is 21.0 Å². The summed E-state index contributed by atoms with van der Waals surface area (Å²) in [5.41, 5.74) is 5.14. The molecule has 0 saturated heterocycles. The number of nitrogens with zero attached hydrogens (tertiary/aromatic N) is 1. The average Bonchev–Trinajstić information content (AvgIpc) is 2.35. The highest BCUT2D eigenvalue weighted by Crippen LogP contribution is 2.40. The molecule has 0 amide bonds. The van der Waals surface area contributed by atoms with Crippen LogP contribution < -0.4 is 10.5 Å². The maximum atomic E-state index is 13.1. The van der Waals surface area contributed by atoms with Crippen molar-refractivity contribution < 1.29 is 17.9 Å². The molecule has 7 heteroatoms. The SMILES string of the molecule is Cc1cc(OCCC[Si](C)(C)C)c(C(F)(F)F)cc1N=CN. The minimum absolute atomic E-state index is 0.142. The van der Waals surface area contributed by atoms with E-state index in [1.54, 1.807) is 6.92 Å². The lowest BCUT2D eigenvalue weighted by Gasteiger charge is -2.18. The number of halogens is 3. The van der Waals surface area contributed by atoms with Crippen LogP contribution in [0, 0.1) is 6.92 Å². The van der Waals surface area contributed by atoms with Crippen molar-refractivity contribution in [1.82, 2.24) is 0 Å². The lowest BCUT2D eigenvalue weighted by Crippen LogP contribution is -2.20. The molecular formula is C15H23F3N2OSi. The largest absolute Gasteiger partial charge is 0.493 e. The number of hydrogen-bond acceptors (Lipinski definition) is 2. The van der Waals surface area contributed by atoms with Crippen molar-refractivity contribution >= 4 is 20.1 Å². The fourth-order valence-corrected chi connectivity index (χ4v) is 3.22. The Bertz CT molecular complexity index is 537. The number of nitrogens with two attached hydrogens (primary N) is 1. The molecule has 0 aliphatic rings. The predicted molar refractivity (Wildman–Crippen MR) is 86.8 cm³/mol. The van der Waals surface area contributed by atoms with E-state index in [-0.39, 0.29) is 18.0 Å². The van der Waals surface area contributed by atoms with Crippen molar-refractivity contribution in [3.05, 3.63) is 23.3 Å². The first-order valence-electron chi connectivity index (χ1n) is 7.13. The number of benzene rings is 1. The van der Waals surface area contributed by atoms with Gasteiger partial charge in [-0.25, -0.2) is 4.99 Å². The molecule has 0 bridgehead atoms.